The van der Waals surface area contributed by atoms with Crippen LogP contribution in [-0.2, 0) is 17.4 Å². The van der Waals surface area contributed by atoms with E-state index in [1.165, 1.54) is 6.07 Å². The molecule has 0 unspecified atom stereocenters. The first-order valence-corrected chi connectivity index (χ1v) is 5.88. The van der Waals surface area contributed by atoms with Crippen LogP contribution < -0.4 is 0 Å². The molecule has 1 aromatic carbocycles. The molecule has 1 N–H and O–H groups in total. The molecular weight excluding hydrogens is 253 g/mol. The number of alkyl halides is 3. The Labute approximate surface area is 101 Å². The third-order valence-corrected chi connectivity index (χ3v) is 2.78. The van der Waals surface area contributed by atoms with Gasteiger partial charge in [0.25, 0.3) is 0 Å². The highest BCUT2D eigenvalue weighted by Crippen LogP contribution is 2.36. The lowest BCUT2D eigenvalue weighted by molar-refractivity contribution is -0.138. The van der Waals surface area contributed by atoms with Gasteiger partial charge in [-0.2, -0.15) is 13.2 Å². The number of carbonyl (C=O) groups is 1. The average molecular weight is 264 g/mol. The molecule has 0 radical (unpaired) electrons. The molecule has 0 aliphatic rings. The minimum atomic E-state index is -4.61. The molecule has 0 bridgehead atoms. The van der Waals surface area contributed by atoms with Crippen LogP contribution >= 0.6 is 11.8 Å². The molecule has 0 amide bonds. The Morgan fingerprint density at radius 1 is 1.41 bits per heavy atom. The molecule has 94 valence electrons. The quantitative estimate of drug-likeness (QED) is 0.910. The van der Waals surface area contributed by atoms with Crippen molar-refractivity contribution in [2.45, 2.75) is 19.5 Å². The van der Waals surface area contributed by atoms with Gasteiger partial charge in [-0.1, -0.05) is 24.8 Å². The van der Waals surface area contributed by atoms with E-state index in [1.807, 2.05) is 0 Å². The lowest BCUT2D eigenvalue weighted by Crippen LogP contribution is -2.07. The first kappa shape index (κ1) is 13.9. The Balaban J connectivity index is 2.93. The van der Waals surface area contributed by atoms with Crippen LogP contribution in [0.2, 0.25) is 0 Å². The Morgan fingerprint density at radius 2 is 2.06 bits per heavy atom. The van der Waals surface area contributed by atoms with Crippen molar-refractivity contribution in [3.05, 3.63) is 29.3 Å². The smallest absolute Gasteiger partial charge is 0.419 e. The second-order valence-electron chi connectivity index (χ2n) is 3.33. The van der Waals surface area contributed by atoms with Gasteiger partial charge in [0.15, 0.2) is 5.12 Å². The van der Waals surface area contributed by atoms with E-state index in [0.717, 1.165) is 23.9 Å². The van der Waals surface area contributed by atoms with Crippen LogP contribution in [-0.4, -0.2) is 16.0 Å². The summed E-state index contributed by atoms with van der Waals surface area (Å²) in [4.78, 5) is 11.3. The van der Waals surface area contributed by atoms with Gasteiger partial charge in [0.1, 0.15) is 5.75 Å². The Kier molecular flexibility index (Phi) is 4.45. The van der Waals surface area contributed by atoms with Gasteiger partial charge in [0.2, 0.25) is 0 Å². The fourth-order valence-electron chi connectivity index (χ4n) is 1.30. The maximum atomic E-state index is 12.5. The number of carbonyl (C=O) groups excluding carboxylic acids is 1. The minimum absolute atomic E-state index is 0.0676. The second-order valence-corrected chi connectivity index (χ2v) is 4.65. The fraction of sp³-hybridized carbons (Fsp3) is 0.364. The molecule has 0 aliphatic heterocycles. The first-order valence-electron chi connectivity index (χ1n) is 4.89. The minimum Gasteiger partial charge on any atom is -0.507 e. The number of rotatable bonds is 3. The van der Waals surface area contributed by atoms with E-state index in [4.69, 9.17) is 5.11 Å². The van der Waals surface area contributed by atoms with E-state index >= 15 is 0 Å². The van der Waals surface area contributed by atoms with Gasteiger partial charge in [-0.15, -0.1) is 0 Å². The molecule has 0 atom stereocenters. The summed E-state index contributed by atoms with van der Waals surface area (Å²) in [5, 5.41) is 8.91. The predicted molar refractivity (Wildman–Crippen MR) is 60.0 cm³/mol. The van der Waals surface area contributed by atoms with Crippen molar-refractivity contribution < 1.29 is 23.1 Å². The fourth-order valence-corrected chi connectivity index (χ4v) is 1.89. The second kappa shape index (κ2) is 5.44. The van der Waals surface area contributed by atoms with Gasteiger partial charge in [-0.05, 0) is 23.4 Å². The molecule has 2 nitrogen and oxygen atoms in total. The number of hydrogen-bond acceptors (Lipinski definition) is 3. The Morgan fingerprint density at radius 3 is 2.59 bits per heavy atom. The van der Waals surface area contributed by atoms with Gasteiger partial charge in [0, 0.05) is 6.42 Å². The van der Waals surface area contributed by atoms with Crippen LogP contribution in [0, 0.1) is 0 Å². The zero-order chi connectivity index (χ0) is 13.1. The molecule has 1 aromatic rings. The highest BCUT2D eigenvalue weighted by molar-refractivity contribution is 8.13. The number of phenolic OH excluding ortho intramolecular Hbond substituents is 1. The summed E-state index contributed by atoms with van der Waals surface area (Å²) < 4.78 is 37.4. The number of halogens is 3. The summed E-state index contributed by atoms with van der Waals surface area (Å²) in [7, 11) is 0. The molecule has 0 fully saturated rings. The number of hydrogen-bond donors (Lipinski definition) is 1. The topological polar surface area (TPSA) is 37.3 Å². The molecule has 0 aliphatic carbocycles. The van der Waals surface area contributed by atoms with Crippen molar-refractivity contribution in [2.24, 2.45) is 0 Å². The van der Waals surface area contributed by atoms with Crippen molar-refractivity contribution in [3.8, 4) is 5.75 Å². The van der Waals surface area contributed by atoms with Gasteiger partial charge >= 0.3 is 6.18 Å². The van der Waals surface area contributed by atoms with E-state index in [1.54, 1.807) is 6.92 Å². The lowest BCUT2D eigenvalue weighted by Gasteiger charge is -2.10. The molecule has 0 spiro atoms. The van der Waals surface area contributed by atoms with Gasteiger partial charge in [-0.3, -0.25) is 4.79 Å². The van der Waals surface area contributed by atoms with E-state index in [0.29, 0.717) is 5.75 Å². The Bertz CT molecular complexity index is 416. The maximum absolute atomic E-state index is 12.5. The van der Waals surface area contributed by atoms with Gasteiger partial charge < -0.3 is 5.11 Å². The van der Waals surface area contributed by atoms with E-state index < -0.39 is 17.5 Å². The van der Waals surface area contributed by atoms with Gasteiger partial charge in [-0.25, -0.2) is 0 Å². The zero-order valence-corrected chi connectivity index (χ0v) is 9.86. The molecule has 0 saturated heterocycles. The SMILES string of the molecule is CCSC(=O)Cc1ccc(O)c(C(F)(F)F)c1. The molecule has 0 saturated carbocycles. The highest BCUT2D eigenvalue weighted by Gasteiger charge is 2.34. The van der Waals surface area contributed by atoms with Crippen molar-refractivity contribution in [1.82, 2.24) is 0 Å². The summed E-state index contributed by atoms with van der Waals surface area (Å²) in [6.07, 6.45) is -4.68. The monoisotopic (exact) mass is 264 g/mol. The first-order chi connectivity index (χ1) is 7.84. The van der Waals surface area contributed by atoms with Crippen LogP contribution in [0.3, 0.4) is 0 Å². The zero-order valence-electron chi connectivity index (χ0n) is 9.04. The van der Waals surface area contributed by atoms with Crippen molar-refractivity contribution in [3.63, 3.8) is 0 Å². The van der Waals surface area contributed by atoms with Crippen LogP contribution in [0.1, 0.15) is 18.1 Å². The lowest BCUT2D eigenvalue weighted by atomic mass is 10.1. The highest BCUT2D eigenvalue weighted by atomic mass is 32.2. The summed E-state index contributed by atoms with van der Waals surface area (Å²) in [5.74, 6) is -0.236. The van der Waals surface area contributed by atoms with E-state index in [2.05, 4.69) is 0 Å². The predicted octanol–water partition coefficient (Wildman–Crippen LogP) is 3.23. The standard InChI is InChI=1S/C11H11F3O2S/c1-2-17-10(16)6-7-3-4-9(15)8(5-7)11(12,13)14/h3-5,15H,2,6H2,1H3. The summed E-state index contributed by atoms with van der Waals surface area (Å²) in [6, 6.07) is 3.09. The number of aromatic hydroxyl groups is 1. The third-order valence-electron chi connectivity index (χ3n) is 2.02. The summed E-state index contributed by atoms with van der Waals surface area (Å²) >= 11 is 1.06. The Hall–Kier alpha value is -1.17. The normalized spacial score (nSPS) is 11.5. The van der Waals surface area contributed by atoms with Gasteiger partial charge in [0.05, 0.1) is 5.56 Å². The summed E-state index contributed by atoms with van der Waals surface area (Å²) in [5.41, 5.74) is -0.856. The molecule has 17 heavy (non-hydrogen) atoms. The van der Waals surface area contributed by atoms with Crippen LogP contribution in [0.4, 0.5) is 13.2 Å². The molecule has 0 heterocycles. The van der Waals surface area contributed by atoms with E-state index in [9.17, 15) is 18.0 Å². The maximum Gasteiger partial charge on any atom is 0.419 e. The largest absolute Gasteiger partial charge is 0.507 e. The molecule has 6 heteroatoms. The van der Waals surface area contributed by atoms with Crippen LogP contribution in [0.5, 0.6) is 5.75 Å². The number of thioether (sulfide) groups is 1. The van der Waals surface area contributed by atoms with Crippen molar-refractivity contribution in [1.29, 1.82) is 0 Å². The third kappa shape index (κ3) is 3.96. The molecule has 1 rings (SSSR count). The van der Waals surface area contributed by atoms with Crippen molar-refractivity contribution >= 4 is 16.9 Å². The number of phenols is 1. The van der Waals surface area contributed by atoms with E-state index in [-0.39, 0.29) is 17.1 Å². The average Bonchev–Trinajstić information content (AvgIpc) is 2.19. The summed E-state index contributed by atoms with van der Waals surface area (Å²) in [6.45, 7) is 1.79. The molecule has 0 aromatic heterocycles. The van der Waals surface area contributed by atoms with Crippen molar-refractivity contribution in [2.75, 3.05) is 5.75 Å². The molecular formula is C11H11F3O2S. The van der Waals surface area contributed by atoms with Crippen LogP contribution in [0.25, 0.3) is 0 Å². The van der Waals surface area contributed by atoms with Crippen LogP contribution in [0.15, 0.2) is 18.2 Å². The number of benzene rings is 1.